The molecule has 0 radical (unpaired) electrons. The maximum Gasteiger partial charge on any atom is 0.267 e. The number of rotatable bonds is 3. The van der Waals surface area contributed by atoms with Crippen LogP contribution in [0.2, 0.25) is 0 Å². The van der Waals surface area contributed by atoms with Crippen LogP contribution in [0.1, 0.15) is 18.7 Å². The highest BCUT2D eigenvalue weighted by Gasteiger charge is 2.19. The standard InChI is InChI=1S/C14H13F2N3O2/c1-8-3-6-13(20)19(18-8)9(2)14(21)17-12-7-10(15)4-5-11(12)16/h3-7,9H,1-2H3,(H,17,21)/t9-/m1/s1. The number of hydrogen-bond acceptors (Lipinski definition) is 3. The molecular weight excluding hydrogens is 280 g/mol. The molecule has 0 aliphatic rings. The van der Waals surface area contributed by atoms with Gasteiger partial charge in [0.1, 0.15) is 17.7 Å². The highest BCUT2D eigenvalue weighted by molar-refractivity contribution is 5.93. The van der Waals surface area contributed by atoms with Crippen molar-refractivity contribution in [1.82, 2.24) is 9.78 Å². The van der Waals surface area contributed by atoms with Gasteiger partial charge in [0, 0.05) is 12.1 Å². The van der Waals surface area contributed by atoms with Crippen molar-refractivity contribution in [2.75, 3.05) is 5.32 Å². The summed E-state index contributed by atoms with van der Waals surface area (Å²) in [4.78, 5) is 23.7. The molecule has 1 heterocycles. The van der Waals surface area contributed by atoms with Crippen LogP contribution in [-0.4, -0.2) is 15.7 Å². The van der Waals surface area contributed by atoms with E-state index in [9.17, 15) is 18.4 Å². The molecule has 21 heavy (non-hydrogen) atoms. The Balaban J connectivity index is 2.25. The van der Waals surface area contributed by atoms with E-state index in [4.69, 9.17) is 0 Å². The Hall–Kier alpha value is -2.57. The van der Waals surface area contributed by atoms with Gasteiger partial charge in [-0.3, -0.25) is 9.59 Å². The van der Waals surface area contributed by atoms with E-state index in [2.05, 4.69) is 10.4 Å². The first-order valence-corrected chi connectivity index (χ1v) is 6.21. The summed E-state index contributed by atoms with van der Waals surface area (Å²) in [5, 5.41) is 6.19. The molecule has 0 bridgehead atoms. The van der Waals surface area contributed by atoms with Crippen LogP contribution in [0.5, 0.6) is 0 Å². The number of carbonyl (C=O) groups is 1. The number of amides is 1. The summed E-state index contributed by atoms with van der Waals surface area (Å²) in [5.41, 5.74) is -0.179. The van der Waals surface area contributed by atoms with Crippen molar-refractivity contribution in [2.24, 2.45) is 0 Å². The van der Waals surface area contributed by atoms with E-state index in [0.29, 0.717) is 5.69 Å². The second-order valence-electron chi connectivity index (χ2n) is 4.55. The summed E-state index contributed by atoms with van der Waals surface area (Å²) < 4.78 is 27.5. The topological polar surface area (TPSA) is 64.0 Å². The average molecular weight is 293 g/mol. The van der Waals surface area contributed by atoms with Crippen molar-refractivity contribution >= 4 is 11.6 Å². The number of benzene rings is 1. The molecule has 1 aromatic carbocycles. The van der Waals surface area contributed by atoms with Crippen LogP contribution in [0.15, 0.2) is 35.1 Å². The minimum absolute atomic E-state index is 0.285. The van der Waals surface area contributed by atoms with E-state index in [1.54, 1.807) is 6.92 Å². The molecule has 0 saturated heterocycles. The third-order valence-electron chi connectivity index (χ3n) is 2.89. The third-order valence-corrected chi connectivity index (χ3v) is 2.89. The van der Waals surface area contributed by atoms with Gasteiger partial charge >= 0.3 is 0 Å². The fraction of sp³-hybridized carbons (Fsp3) is 0.214. The molecule has 0 unspecified atom stereocenters. The lowest BCUT2D eigenvalue weighted by Gasteiger charge is -2.14. The Labute approximate surface area is 119 Å². The lowest BCUT2D eigenvalue weighted by molar-refractivity contribution is -0.119. The van der Waals surface area contributed by atoms with E-state index < -0.39 is 29.1 Å². The summed E-state index contributed by atoms with van der Waals surface area (Å²) in [6.45, 7) is 3.12. The number of anilines is 1. The van der Waals surface area contributed by atoms with E-state index in [1.807, 2.05) is 0 Å². The van der Waals surface area contributed by atoms with Crippen molar-refractivity contribution in [3.05, 3.63) is 58.0 Å². The average Bonchev–Trinajstić information content (AvgIpc) is 2.44. The monoisotopic (exact) mass is 293 g/mol. The zero-order valence-corrected chi connectivity index (χ0v) is 11.4. The van der Waals surface area contributed by atoms with Crippen molar-refractivity contribution in [1.29, 1.82) is 0 Å². The predicted molar refractivity (Wildman–Crippen MR) is 72.9 cm³/mol. The molecule has 2 rings (SSSR count). The summed E-state index contributed by atoms with van der Waals surface area (Å²) >= 11 is 0. The highest BCUT2D eigenvalue weighted by Crippen LogP contribution is 2.16. The Morgan fingerprint density at radius 1 is 1.29 bits per heavy atom. The maximum atomic E-state index is 13.5. The molecule has 5 nitrogen and oxygen atoms in total. The maximum absolute atomic E-state index is 13.5. The SMILES string of the molecule is Cc1ccc(=O)n([C@H](C)C(=O)Nc2cc(F)ccc2F)n1. The lowest BCUT2D eigenvalue weighted by Crippen LogP contribution is -2.33. The van der Waals surface area contributed by atoms with Gasteiger partial charge in [0.15, 0.2) is 0 Å². The minimum Gasteiger partial charge on any atom is -0.322 e. The van der Waals surface area contributed by atoms with Crippen LogP contribution in [0.3, 0.4) is 0 Å². The Bertz CT molecular complexity index is 743. The molecule has 1 atom stereocenters. The van der Waals surface area contributed by atoms with Crippen LogP contribution >= 0.6 is 0 Å². The predicted octanol–water partition coefficient (Wildman–Crippen LogP) is 2.03. The number of nitrogens with one attached hydrogen (secondary N) is 1. The van der Waals surface area contributed by atoms with Crippen molar-refractivity contribution < 1.29 is 13.6 Å². The molecular formula is C14H13F2N3O2. The fourth-order valence-electron chi connectivity index (χ4n) is 1.74. The molecule has 0 spiro atoms. The van der Waals surface area contributed by atoms with Gasteiger partial charge in [-0.25, -0.2) is 13.5 Å². The van der Waals surface area contributed by atoms with Gasteiger partial charge in [0.2, 0.25) is 5.91 Å². The highest BCUT2D eigenvalue weighted by atomic mass is 19.1. The second kappa shape index (κ2) is 5.82. The minimum atomic E-state index is -0.958. The molecule has 0 aliphatic heterocycles. The normalized spacial score (nSPS) is 12.0. The number of halogens is 2. The first-order chi connectivity index (χ1) is 9.88. The Morgan fingerprint density at radius 3 is 2.71 bits per heavy atom. The van der Waals surface area contributed by atoms with Gasteiger partial charge in [0.05, 0.1) is 11.4 Å². The molecule has 1 aromatic heterocycles. The number of carbonyl (C=O) groups excluding carboxylic acids is 1. The van der Waals surface area contributed by atoms with Crippen molar-refractivity contribution in [2.45, 2.75) is 19.9 Å². The molecule has 2 aromatic rings. The molecule has 0 aliphatic carbocycles. The molecule has 7 heteroatoms. The molecule has 0 fully saturated rings. The second-order valence-corrected chi connectivity index (χ2v) is 4.55. The van der Waals surface area contributed by atoms with Crippen LogP contribution in [-0.2, 0) is 4.79 Å². The van der Waals surface area contributed by atoms with Crippen LogP contribution < -0.4 is 10.9 Å². The van der Waals surface area contributed by atoms with E-state index in [0.717, 1.165) is 22.9 Å². The molecule has 1 N–H and O–H groups in total. The Kier molecular flexibility index (Phi) is 4.11. The van der Waals surface area contributed by atoms with E-state index in [-0.39, 0.29) is 5.69 Å². The van der Waals surface area contributed by atoms with Gasteiger partial charge in [-0.1, -0.05) is 0 Å². The molecule has 1 amide bonds. The van der Waals surface area contributed by atoms with Crippen molar-refractivity contribution in [3.63, 3.8) is 0 Å². The smallest absolute Gasteiger partial charge is 0.267 e. The number of nitrogens with zero attached hydrogens (tertiary/aromatic N) is 2. The van der Waals surface area contributed by atoms with Gasteiger partial charge in [-0.05, 0) is 32.0 Å². The number of hydrogen-bond donors (Lipinski definition) is 1. The number of aromatic nitrogens is 2. The largest absolute Gasteiger partial charge is 0.322 e. The number of aryl methyl sites for hydroxylation is 1. The first-order valence-electron chi connectivity index (χ1n) is 6.21. The van der Waals surface area contributed by atoms with Gasteiger partial charge in [0.25, 0.3) is 5.56 Å². The van der Waals surface area contributed by atoms with Gasteiger partial charge in [-0.15, -0.1) is 0 Å². The lowest BCUT2D eigenvalue weighted by atomic mass is 10.2. The Morgan fingerprint density at radius 2 is 2.00 bits per heavy atom. The fourth-order valence-corrected chi connectivity index (χ4v) is 1.74. The van der Waals surface area contributed by atoms with Gasteiger partial charge in [-0.2, -0.15) is 5.10 Å². The summed E-state index contributed by atoms with van der Waals surface area (Å²) in [5.74, 6) is -2.11. The molecule has 110 valence electrons. The van der Waals surface area contributed by atoms with E-state index >= 15 is 0 Å². The molecule has 0 saturated carbocycles. The zero-order valence-electron chi connectivity index (χ0n) is 11.4. The van der Waals surface area contributed by atoms with Gasteiger partial charge < -0.3 is 5.32 Å². The van der Waals surface area contributed by atoms with Crippen LogP contribution in [0.25, 0.3) is 0 Å². The summed E-state index contributed by atoms with van der Waals surface area (Å²) in [7, 11) is 0. The zero-order chi connectivity index (χ0) is 15.6. The van der Waals surface area contributed by atoms with Crippen LogP contribution in [0.4, 0.5) is 14.5 Å². The van der Waals surface area contributed by atoms with Crippen molar-refractivity contribution in [3.8, 4) is 0 Å². The van der Waals surface area contributed by atoms with E-state index in [1.165, 1.54) is 19.1 Å². The first kappa shape index (κ1) is 14.8. The van der Waals surface area contributed by atoms with Crippen LogP contribution in [0, 0.1) is 18.6 Å². The quantitative estimate of drug-likeness (QED) is 0.941. The summed E-state index contributed by atoms with van der Waals surface area (Å²) in [6, 6.07) is 4.57. The third kappa shape index (κ3) is 3.31. The summed E-state index contributed by atoms with van der Waals surface area (Å²) in [6.07, 6.45) is 0.